The van der Waals surface area contributed by atoms with Gasteiger partial charge in [0.25, 0.3) is 0 Å². The Morgan fingerprint density at radius 3 is 3.00 bits per heavy atom. The summed E-state index contributed by atoms with van der Waals surface area (Å²) in [6.07, 6.45) is 3.09. The number of hydrogen-bond acceptors (Lipinski definition) is 3. The summed E-state index contributed by atoms with van der Waals surface area (Å²) >= 11 is 6.08. The Morgan fingerprint density at radius 1 is 1.73 bits per heavy atom. The molecule has 1 aromatic rings. The zero-order valence-corrected chi connectivity index (χ0v) is 9.47. The van der Waals surface area contributed by atoms with Crippen molar-refractivity contribution in [3.8, 4) is 0 Å². The fraction of sp³-hybridized carbons (Fsp3) is 0.500. The Kier molecular flexibility index (Phi) is 2.28. The van der Waals surface area contributed by atoms with Gasteiger partial charge in [-0.1, -0.05) is 11.6 Å². The minimum atomic E-state index is -1.02. The maximum absolute atomic E-state index is 11.6. The lowest BCUT2D eigenvalue weighted by molar-refractivity contribution is -0.147. The maximum Gasteiger partial charge on any atom is 0.330 e. The smallest absolute Gasteiger partial charge is 0.330 e. The molecule has 1 unspecified atom stereocenters. The second-order valence-corrected chi connectivity index (χ2v) is 4.24. The molecule has 0 saturated heterocycles. The number of fused-ring (bicyclic) bond motifs is 1. The van der Waals surface area contributed by atoms with Gasteiger partial charge in [-0.2, -0.15) is 0 Å². The van der Waals surface area contributed by atoms with E-state index in [9.17, 15) is 4.79 Å². The molecule has 1 aliphatic rings. The van der Waals surface area contributed by atoms with E-state index >= 15 is 0 Å². The number of halogens is 1. The van der Waals surface area contributed by atoms with Crippen molar-refractivity contribution in [1.29, 1.82) is 0 Å². The van der Waals surface area contributed by atoms with Crippen molar-refractivity contribution >= 4 is 17.6 Å². The van der Waals surface area contributed by atoms with Crippen LogP contribution in [0.25, 0.3) is 0 Å². The molecule has 1 atom stereocenters. The molecule has 15 heavy (non-hydrogen) atoms. The van der Waals surface area contributed by atoms with Crippen LogP contribution in [0.2, 0.25) is 5.15 Å². The lowest BCUT2D eigenvalue weighted by Crippen LogP contribution is -2.43. The molecule has 1 heterocycles. The molecule has 0 amide bonds. The number of aromatic nitrogens is 1. The molecular weight excluding hydrogens is 216 g/mol. The molecule has 0 spiro atoms. The van der Waals surface area contributed by atoms with Crippen molar-refractivity contribution < 1.29 is 9.53 Å². The van der Waals surface area contributed by atoms with E-state index in [4.69, 9.17) is 22.1 Å². The summed E-state index contributed by atoms with van der Waals surface area (Å²) in [4.78, 5) is 11.6. The van der Waals surface area contributed by atoms with Crippen molar-refractivity contribution in [3.05, 3.63) is 22.5 Å². The summed E-state index contributed by atoms with van der Waals surface area (Å²) < 4.78 is 6.50. The lowest BCUT2D eigenvalue weighted by Gasteiger charge is -2.20. The fourth-order valence-electron chi connectivity index (χ4n) is 2.13. The van der Waals surface area contributed by atoms with Crippen LogP contribution in [0.3, 0.4) is 0 Å². The molecule has 0 bridgehead atoms. The van der Waals surface area contributed by atoms with Gasteiger partial charge >= 0.3 is 5.97 Å². The summed E-state index contributed by atoms with van der Waals surface area (Å²) in [5.41, 5.74) is 6.80. The van der Waals surface area contributed by atoms with Crippen LogP contribution in [0, 0.1) is 0 Å². The first-order valence-electron chi connectivity index (χ1n) is 4.72. The molecule has 0 fully saturated rings. The van der Waals surface area contributed by atoms with E-state index < -0.39 is 11.5 Å². The number of nitrogens with zero attached hydrogens (tertiary/aromatic N) is 1. The molecule has 5 heteroatoms. The predicted octanol–water partition coefficient (Wildman–Crippen LogP) is 0.952. The molecule has 2 rings (SSSR count). The number of esters is 1. The van der Waals surface area contributed by atoms with Gasteiger partial charge in [-0.3, -0.25) is 0 Å². The van der Waals surface area contributed by atoms with Gasteiger partial charge < -0.3 is 15.0 Å². The predicted molar refractivity (Wildman–Crippen MR) is 56.6 cm³/mol. The molecule has 1 aromatic heterocycles. The van der Waals surface area contributed by atoms with E-state index in [-0.39, 0.29) is 0 Å². The van der Waals surface area contributed by atoms with Crippen LogP contribution in [0.5, 0.6) is 0 Å². The standard InChI is InChI=1S/C10H13ClN2O2/c1-13-5-7-6(8(13)11)3-4-10(7,12)9(14)15-2/h5H,3-4,12H2,1-2H3. The Morgan fingerprint density at radius 2 is 2.40 bits per heavy atom. The third-order valence-electron chi connectivity index (χ3n) is 3.01. The Bertz CT molecular complexity index is 427. The summed E-state index contributed by atoms with van der Waals surface area (Å²) in [5.74, 6) is -0.400. The summed E-state index contributed by atoms with van der Waals surface area (Å²) in [7, 11) is 3.18. The first-order valence-corrected chi connectivity index (χ1v) is 5.10. The SMILES string of the molecule is COC(=O)C1(N)CCc2c1cn(C)c2Cl. The molecule has 0 saturated carbocycles. The maximum atomic E-state index is 11.6. The van der Waals surface area contributed by atoms with E-state index in [0.29, 0.717) is 11.6 Å². The number of aryl methyl sites for hydroxylation is 1. The van der Waals surface area contributed by atoms with E-state index in [2.05, 4.69) is 0 Å². The Balaban J connectivity index is 2.52. The third-order valence-corrected chi connectivity index (χ3v) is 3.50. The van der Waals surface area contributed by atoms with Gasteiger partial charge in [-0.25, -0.2) is 4.79 Å². The van der Waals surface area contributed by atoms with Crippen LogP contribution < -0.4 is 5.73 Å². The Labute approximate surface area is 93.0 Å². The molecular formula is C10H13ClN2O2. The van der Waals surface area contributed by atoms with Crippen molar-refractivity contribution in [2.75, 3.05) is 7.11 Å². The van der Waals surface area contributed by atoms with Gasteiger partial charge in [0.2, 0.25) is 0 Å². The summed E-state index contributed by atoms with van der Waals surface area (Å²) in [5, 5.41) is 0.654. The second kappa shape index (κ2) is 3.25. The molecule has 82 valence electrons. The highest BCUT2D eigenvalue weighted by atomic mass is 35.5. The van der Waals surface area contributed by atoms with Crippen molar-refractivity contribution in [2.24, 2.45) is 12.8 Å². The minimum Gasteiger partial charge on any atom is -0.467 e. The first-order chi connectivity index (χ1) is 7.00. The largest absolute Gasteiger partial charge is 0.467 e. The van der Waals surface area contributed by atoms with Gasteiger partial charge in [-0.15, -0.1) is 0 Å². The third kappa shape index (κ3) is 1.28. The molecule has 0 aliphatic heterocycles. The van der Waals surface area contributed by atoms with Crippen LogP contribution in [0.15, 0.2) is 6.20 Å². The minimum absolute atomic E-state index is 0.400. The number of methoxy groups -OCH3 is 1. The average Bonchev–Trinajstić information content (AvgIpc) is 2.69. The summed E-state index contributed by atoms with van der Waals surface area (Å²) in [6, 6.07) is 0. The molecule has 2 N–H and O–H groups in total. The van der Waals surface area contributed by atoms with Crippen LogP contribution in [0.4, 0.5) is 0 Å². The highest BCUT2D eigenvalue weighted by molar-refractivity contribution is 6.30. The van der Waals surface area contributed by atoms with Crippen LogP contribution in [-0.4, -0.2) is 17.6 Å². The molecule has 0 aromatic carbocycles. The number of carbonyl (C=O) groups is 1. The topological polar surface area (TPSA) is 57.2 Å². The number of rotatable bonds is 1. The monoisotopic (exact) mass is 228 g/mol. The van der Waals surface area contributed by atoms with Gasteiger partial charge in [0.1, 0.15) is 10.7 Å². The van der Waals surface area contributed by atoms with E-state index in [1.54, 1.807) is 4.57 Å². The number of nitrogens with two attached hydrogens (primary N) is 1. The van der Waals surface area contributed by atoms with Crippen LogP contribution in [0.1, 0.15) is 17.5 Å². The lowest BCUT2D eigenvalue weighted by atomic mass is 9.95. The highest BCUT2D eigenvalue weighted by Crippen LogP contribution is 2.40. The Hall–Kier alpha value is -1.00. The van der Waals surface area contributed by atoms with Gasteiger partial charge in [0.05, 0.1) is 7.11 Å². The van der Waals surface area contributed by atoms with Gasteiger partial charge in [0.15, 0.2) is 0 Å². The van der Waals surface area contributed by atoms with Gasteiger partial charge in [0, 0.05) is 18.8 Å². The zero-order valence-electron chi connectivity index (χ0n) is 8.71. The van der Waals surface area contributed by atoms with E-state index in [1.807, 2.05) is 13.2 Å². The van der Waals surface area contributed by atoms with Crippen LogP contribution in [-0.2, 0) is 28.5 Å². The normalized spacial score (nSPS) is 24.0. The van der Waals surface area contributed by atoms with E-state index in [0.717, 1.165) is 17.5 Å². The zero-order chi connectivity index (χ0) is 11.2. The first kappa shape index (κ1) is 10.5. The number of carbonyl (C=O) groups excluding carboxylic acids is 1. The molecule has 4 nitrogen and oxygen atoms in total. The van der Waals surface area contributed by atoms with E-state index in [1.165, 1.54) is 7.11 Å². The number of ether oxygens (including phenoxy) is 1. The quantitative estimate of drug-likeness (QED) is 0.729. The average molecular weight is 229 g/mol. The number of hydrogen-bond donors (Lipinski definition) is 1. The van der Waals surface area contributed by atoms with Gasteiger partial charge in [-0.05, 0) is 18.4 Å². The molecule has 1 aliphatic carbocycles. The van der Waals surface area contributed by atoms with Crippen molar-refractivity contribution in [2.45, 2.75) is 18.4 Å². The fourth-order valence-corrected chi connectivity index (χ4v) is 2.37. The van der Waals surface area contributed by atoms with Crippen molar-refractivity contribution in [1.82, 2.24) is 4.57 Å². The highest BCUT2D eigenvalue weighted by Gasteiger charge is 2.45. The second-order valence-electron chi connectivity index (χ2n) is 3.89. The van der Waals surface area contributed by atoms with Crippen LogP contribution >= 0.6 is 11.6 Å². The molecule has 0 radical (unpaired) electrons. The van der Waals surface area contributed by atoms with Crippen molar-refractivity contribution in [3.63, 3.8) is 0 Å². The summed E-state index contributed by atoms with van der Waals surface area (Å²) in [6.45, 7) is 0.